The molecule has 29 heavy (non-hydrogen) atoms. The maximum Gasteiger partial charge on any atom is 0.291 e. The smallest absolute Gasteiger partial charge is 0.291 e. The lowest BCUT2D eigenvalue weighted by Crippen LogP contribution is -2.37. The van der Waals surface area contributed by atoms with Gasteiger partial charge in [0.1, 0.15) is 5.76 Å². The summed E-state index contributed by atoms with van der Waals surface area (Å²) >= 11 is 12.2. The molecule has 1 aromatic heterocycles. The molecular weight excluding hydrogens is 407 g/mol. The van der Waals surface area contributed by atoms with Gasteiger partial charge in [0, 0.05) is 34.5 Å². The van der Waals surface area contributed by atoms with E-state index in [9.17, 15) is 4.79 Å². The molecule has 1 fully saturated rings. The number of piperidine rings is 1. The van der Waals surface area contributed by atoms with Gasteiger partial charge in [-0.3, -0.25) is 4.79 Å². The van der Waals surface area contributed by atoms with E-state index >= 15 is 0 Å². The van der Waals surface area contributed by atoms with Crippen LogP contribution in [0.25, 0.3) is 11.3 Å². The zero-order valence-corrected chi connectivity index (χ0v) is 17.6. The highest BCUT2D eigenvalue weighted by atomic mass is 35.5. The summed E-state index contributed by atoms with van der Waals surface area (Å²) in [5, 5.41) is 3.90. The molecule has 1 atom stereocenters. The molecule has 2 heterocycles. The van der Waals surface area contributed by atoms with Crippen molar-refractivity contribution in [3.8, 4) is 11.3 Å². The summed E-state index contributed by atoms with van der Waals surface area (Å²) in [7, 11) is 0. The van der Waals surface area contributed by atoms with E-state index in [0.717, 1.165) is 12.2 Å². The van der Waals surface area contributed by atoms with Crippen LogP contribution in [0.15, 0.2) is 59.0 Å². The molecule has 2 aromatic carbocycles. The van der Waals surface area contributed by atoms with E-state index in [1.54, 1.807) is 30.3 Å². The first-order chi connectivity index (χ1) is 14.0. The second-order valence-electron chi connectivity index (χ2n) is 7.33. The number of nitrogens with zero attached hydrogens (tertiary/aromatic N) is 1. The first-order valence-corrected chi connectivity index (χ1v) is 10.5. The predicted molar refractivity (Wildman–Crippen MR) is 119 cm³/mol. The number of benzene rings is 2. The molecule has 0 spiro atoms. The van der Waals surface area contributed by atoms with Crippen LogP contribution in [0, 0.1) is 0 Å². The van der Waals surface area contributed by atoms with Crippen molar-refractivity contribution < 1.29 is 9.21 Å². The first kappa shape index (κ1) is 19.9. The van der Waals surface area contributed by atoms with E-state index in [4.69, 9.17) is 27.6 Å². The van der Waals surface area contributed by atoms with Crippen molar-refractivity contribution in [2.24, 2.45) is 0 Å². The standard InChI is InChI=1S/C23H22Cl2N2O2/c1-15-4-2-3-13-27(15)18-8-6-17(7-9-18)26-23(28)22-12-11-21(29-22)19-10-5-16(24)14-20(19)25/h5-12,14-15H,2-4,13H2,1H3,(H,26,28)/t15-/m0/s1. The fourth-order valence-electron chi connectivity index (χ4n) is 3.70. The molecule has 1 amide bonds. The quantitative estimate of drug-likeness (QED) is 0.492. The second kappa shape index (κ2) is 8.52. The van der Waals surface area contributed by atoms with Crippen LogP contribution < -0.4 is 10.2 Å². The van der Waals surface area contributed by atoms with Crippen molar-refractivity contribution in [2.75, 3.05) is 16.8 Å². The van der Waals surface area contributed by atoms with Gasteiger partial charge in [0.25, 0.3) is 5.91 Å². The Balaban J connectivity index is 1.45. The van der Waals surface area contributed by atoms with Gasteiger partial charge in [-0.15, -0.1) is 0 Å². The fraction of sp³-hybridized carbons (Fsp3) is 0.261. The molecule has 0 bridgehead atoms. The molecule has 4 nitrogen and oxygen atoms in total. The molecular formula is C23H22Cl2N2O2. The lowest BCUT2D eigenvalue weighted by atomic mass is 10.0. The van der Waals surface area contributed by atoms with Gasteiger partial charge in [0.2, 0.25) is 0 Å². The highest BCUT2D eigenvalue weighted by Crippen LogP contribution is 2.32. The van der Waals surface area contributed by atoms with Crippen molar-refractivity contribution in [1.29, 1.82) is 0 Å². The fourth-order valence-corrected chi connectivity index (χ4v) is 4.21. The number of amides is 1. The van der Waals surface area contributed by atoms with Gasteiger partial charge in [-0.1, -0.05) is 23.2 Å². The Hall–Kier alpha value is -2.43. The van der Waals surface area contributed by atoms with Gasteiger partial charge in [-0.25, -0.2) is 0 Å². The number of hydrogen-bond donors (Lipinski definition) is 1. The molecule has 1 saturated heterocycles. The number of carbonyl (C=O) groups is 1. The van der Waals surface area contributed by atoms with Gasteiger partial charge >= 0.3 is 0 Å². The molecule has 0 aliphatic carbocycles. The summed E-state index contributed by atoms with van der Waals surface area (Å²) in [6, 6.07) is 17.0. The number of furan rings is 1. The number of hydrogen-bond acceptors (Lipinski definition) is 3. The highest BCUT2D eigenvalue weighted by Gasteiger charge is 2.19. The molecule has 1 aliphatic heterocycles. The van der Waals surface area contributed by atoms with Crippen molar-refractivity contribution in [1.82, 2.24) is 0 Å². The third kappa shape index (κ3) is 4.44. The minimum atomic E-state index is -0.305. The minimum absolute atomic E-state index is 0.222. The minimum Gasteiger partial charge on any atom is -0.451 e. The zero-order valence-electron chi connectivity index (χ0n) is 16.1. The van der Waals surface area contributed by atoms with E-state index in [0.29, 0.717) is 27.4 Å². The Morgan fingerprint density at radius 2 is 1.86 bits per heavy atom. The largest absolute Gasteiger partial charge is 0.451 e. The van der Waals surface area contributed by atoms with Crippen LogP contribution in [0.3, 0.4) is 0 Å². The van der Waals surface area contributed by atoms with E-state index in [-0.39, 0.29) is 11.7 Å². The predicted octanol–water partition coefficient (Wildman–Crippen LogP) is 6.88. The van der Waals surface area contributed by atoms with Gasteiger partial charge < -0.3 is 14.6 Å². The molecule has 0 saturated carbocycles. The van der Waals surface area contributed by atoms with Crippen molar-refractivity contribution in [3.63, 3.8) is 0 Å². The van der Waals surface area contributed by atoms with Crippen LogP contribution >= 0.6 is 23.2 Å². The lowest BCUT2D eigenvalue weighted by molar-refractivity contribution is 0.0997. The molecule has 0 unspecified atom stereocenters. The van der Waals surface area contributed by atoms with E-state index < -0.39 is 0 Å². The topological polar surface area (TPSA) is 45.5 Å². The lowest BCUT2D eigenvalue weighted by Gasteiger charge is -2.35. The Bertz CT molecular complexity index is 1010. The van der Waals surface area contributed by atoms with E-state index in [1.807, 2.05) is 12.1 Å². The summed E-state index contributed by atoms with van der Waals surface area (Å²) in [5.74, 6) is 0.437. The number of halogens is 2. The number of anilines is 2. The SMILES string of the molecule is C[C@H]1CCCCN1c1ccc(NC(=O)c2ccc(-c3ccc(Cl)cc3Cl)o2)cc1. The summed E-state index contributed by atoms with van der Waals surface area (Å²) in [6.45, 7) is 3.34. The number of rotatable bonds is 4. The van der Waals surface area contributed by atoms with Crippen molar-refractivity contribution in [3.05, 3.63) is 70.4 Å². The van der Waals surface area contributed by atoms with Crippen LogP contribution in [-0.2, 0) is 0 Å². The van der Waals surface area contributed by atoms with Gasteiger partial charge in [0.05, 0.1) is 5.02 Å². The van der Waals surface area contributed by atoms with Gasteiger partial charge in [-0.2, -0.15) is 0 Å². The van der Waals surface area contributed by atoms with E-state index in [1.165, 1.54) is 24.9 Å². The third-order valence-corrected chi connectivity index (χ3v) is 5.83. The molecule has 150 valence electrons. The molecule has 1 aliphatic rings. The molecule has 4 rings (SSSR count). The summed E-state index contributed by atoms with van der Waals surface area (Å²) in [4.78, 5) is 15.0. The Morgan fingerprint density at radius 3 is 2.59 bits per heavy atom. The number of nitrogens with one attached hydrogen (secondary N) is 1. The molecule has 1 N–H and O–H groups in total. The summed E-state index contributed by atoms with van der Waals surface area (Å²) in [6.07, 6.45) is 3.73. The third-order valence-electron chi connectivity index (χ3n) is 5.29. The van der Waals surface area contributed by atoms with Crippen LogP contribution in [0.4, 0.5) is 11.4 Å². The molecule has 0 radical (unpaired) electrons. The summed E-state index contributed by atoms with van der Waals surface area (Å²) in [5.41, 5.74) is 2.61. The summed E-state index contributed by atoms with van der Waals surface area (Å²) < 4.78 is 5.71. The maximum atomic E-state index is 12.6. The average molecular weight is 429 g/mol. The van der Waals surface area contributed by atoms with Crippen molar-refractivity contribution >= 4 is 40.5 Å². The zero-order chi connectivity index (χ0) is 20.4. The van der Waals surface area contributed by atoms with E-state index in [2.05, 4.69) is 29.3 Å². The van der Waals surface area contributed by atoms with Crippen LogP contribution in [0.1, 0.15) is 36.7 Å². The van der Waals surface area contributed by atoms with Gasteiger partial charge in [0.15, 0.2) is 5.76 Å². The van der Waals surface area contributed by atoms with Crippen molar-refractivity contribution in [2.45, 2.75) is 32.2 Å². The first-order valence-electron chi connectivity index (χ1n) is 9.74. The Morgan fingerprint density at radius 1 is 1.07 bits per heavy atom. The maximum absolute atomic E-state index is 12.6. The van der Waals surface area contributed by atoms with Crippen LogP contribution in [0.5, 0.6) is 0 Å². The molecule has 6 heteroatoms. The average Bonchev–Trinajstić information content (AvgIpc) is 3.19. The second-order valence-corrected chi connectivity index (χ2v) is 8.17. The number of carbonyl (C=O) groups excluding carboxylic acids is 1. The Labute approximate surface area is 180 Å². The molecule has 3 aromatic rings. The van der Waals surface area contributed by atoms with Gasteiger partial charge in [-0.05, 0) is 80.8 Å². The Kier molecular flexibility index (Phi) is 5.84. The van der Waals surface area contributed by atoms with Crippen LogP contribution in [-0.4, -0.2) is 18.5 Å². The highest BCUT2D eigenvalue weighted by molar-refractivity contribution is 6.36. The van der Waals surface area contributed by atoms with Crippen LogP contribution in [0.2, 0.25) is 10.0 Å². The normalized spacial score (nSPS) is 16.7. The monoisotopic (exact) mass is 428 g/mol.